The van der Waals surface area contributed by atoms with Crippen molar-refractivity contribution in [3.8, 4) is 0 Å². The van der Waals surface area contributed by atoms with Crippen molar-refractivity contribution in [3.63, 3.8) is 0 Å². The summed E-state index contributed by atoms with van der Waals surface area (Å²) in [5.41, 5.74) is 0.127. The van der Waals surface area contributed by atoms with Gasteiger partial charge < -0.3 is 20.8 Å². The summed E-state index contributed by atoms with van der Waals surface area (Å²) in [6.07, 6.45) is 0. The van der Waals surface area contributed by atoms with Crippen LogP contribution in [0.2, 0.25) is 0 Å². The molecule has 4 N–H and O–H groups in total. The zero-order valence-corrected chi connectivity index (χ0v) is 20.9. The average molecular weight is 550 g/mol. The quantitative estimate of drug-likeness (QED) is 0.251. The summed E-state index contributed by atoms with van der Waals surface area (Å²) in [6.45, 7) is 0. The normalized spacial score (nSPS) is 11.8. The molecule has 2 atom stereocenters. The minimum atomic E-state index is -1.23. The molecule has 1 aromatic carbocycles. The van der Waals surface area contributed by atoms with Crippen LogP contribution in [-0.2, 0) is 75.0 Å². The van der Waals surface area contributed by atoms with Gasteiger partial charge >= 0.3 is 11.9 Å². The number of hydrogen-bond acceptors (Lipinski definition) is 6. The molecule has 1 rings (SSSR count). The summed E-state index contributed by atoms with van der Waals surface area (Å²) >= 11 is 7.68. The third-order valence-electron chi connectivity index (χ3n) is 2.96. The molecule has 0 saturated heterocycles. The number of rotatable bonds is 8. The van der Waals surface area contributed by atoms with Crippen LogP contribution in [0.5, 0.6) is 0 Å². The molecular formula is C14H16N2O6S2Y2. The number of carboxylic acids is 2. The van der Waals surface area contributed by atoms with Gasteiger partial charge in [0, 0.05) is 88.1 Å². The molecular weight excluding hydrogens is 534 g/mol. The fraction of sp³-hybridized carbons (Fsp3) is 0.286. The van der Waals surface area contributed by atoms with E-state index in [2.05, 4.69) is 35.9 Å². The molecule has 0 aliphatic rings. The van der Waals surface area contributed by atoms with Gasteiger partial charge in [-0.05, 0) is 18.2 Å². The minimum Gasteiger partial charge on any atom is -0.480 e. The molecule has 8 nitrogen and oxygen atoms in total. The van der Waals surface area contributed by atoms with Crippen LogP contribution >= 0.6 is 25.3 Å². The van der Waals surface area contributed by atoms with E-state index in [1.54, 1.807) is 0 Å². The third-order valence-corrected chi connectivity index (χ3v) is 3.69. The molecule has 0 aliphatic carbocycles. The monoisotopic (exact) mass is 550 g/mol. The van der Waals surface area contributed by atoms with E-state index in [1.807, 2.05) is 0 Å². The molecule has 0 heterocycles. The van der Waals surface area contributed by atoms with Gasteiger partial charge in [-0.15, -0.1) is 0 Å². The SMILES string of the molecule is O=C(NC(CS)C(=O)O)c1cccc(C(=O)NC(CS)C(=O)O)c1.[Y].[Y]. The maximum atomic E-state index is 12.0. The summed E-state index contributed by atoms with van der Waals surface area (Å²) in [5, 5.41) is 22.3. The predicted molar refractivity (Wildman–Crippen MR) is 91.9 cm³/mol. The first-order valence-corrected chi connectivity index (χ1v) is 7.95. The van der Waals surface area contributed by atoms with E-state index in [0.29, 0.717) is 0 Å². The van der Waals surface area contributed by atoms with E-state index in [4.69, 9.17) is 10.2 Å². The molecule has 0 bridgehead atoms. The summed E-state index contributed by atoms with van der Waals surface area (Å²) in [5.74, 6) is -4.02. The number of carbonyl (C=O) groups excluding carboxylic acids is 2. The number of carbonyl (C=O) groups is 4. The Labute approximate surface area is 211 Å². The predicted octanol–water partition coefficient (Wildman–Crippen LogP) is -0.0928. The van der Waals surface area contributed by atoms with E-state index < -0.39 is 35.8 Å². The number of hydrogen-bond donors (Lipinski definition) is 6. The second-order valence-electron chi connectivity index (χ2n) is 4.67. The summed E-state index contributed by atoms with van der Waals surface area (Å²) in [4.78, 5) is 45.9. The van der Waals surface area contributed by atoms with Crippen LogP contribution in [0.25, 0.3) is 0 Å². The maximum Gasteiger partial charge on any atom is 0.327 e. The van der Waals surface area contributed by atoms with Crippen LogP contribution in [0, 0.1) is 0 Å². The van der Waals surface area contributed by atoms with Crippen molar-refractivity contribution in [1.82, 2.24) is 10.6 Å². The van der Waals surface area contributed by atoms with E-state index in [1.165, 1.54) is 24.3 Å². The standard InChI is InChI=1S/C14H16N2O6S2.2Y/c17-11(15-9(5-23)13(19)20)7-2-1-3-8(4-7)12(18)16-10(6-24)14(21)22;;/h1-4,9-10,23-24H,5-6H2,(H,15,17)(H,16,18)(H,19,20)(H,21,22);;. The van der Waals surface area contributed by atoms with Crippen molar-refractivity contribution >= 4 is 49.0 Å². The average Bonchev–Trinajstić information content (AvgIpc) is 2.56. The molecule has 12 heteroatoms. The minimum absolute atomic E-state index is 0. The van der Waals surface area contributed by atoms with E-state index in [0.717, 1.165) is 0 Å². The molecule has 26 heavy (non-hydrogen) atoms. The van der Waals surface area contributed by atoms with Crippen LogP contribution < -0.4 is 10.6 Å². The molecule has 0 fully saturated rings. The van der Waals surface area contributed by atoms with Gasteiger partial charge in [0.2, 0.25) is 0 Å². The van der Waals surface area contributed by atoms with Gasteiger partial charge in [-0.3, -0.25) is 9.59 Å². The largest absolute Gasteiger partial charge is 0.480 e. The van der Waals surface area contributed by atoms with Crippen molar-refractivity contribution in [2.45, 2.75) is 12.1 Å². The van der Waals surface area contributed by atoms with E-state index in [-0.39, 0.29) is 88.1 Å². The second kappa shape index (κ2) is 14.1. The number of thiol groups is 2. The second-order valence-corrected chi connectivity index (χ2v) is 5.40. The number of aliphatic carboxylic acids is 2. The molecule has 1 aromatic rings. The van der Waals surface area contributed by atoms with Crippen molar-refractivity contribution in [2.75, 3.05) is 11.5 Å². The first-order valence-electron chi connectivity index (χ1n) is 6.69. The van der Waals surface area contributed by atoms with Gasteiger partial charge in [-0.1, -0.05) is 6.07 Å². The Bertz CT molecular complexity index is 611. The van der Waals surface area contributed by atoms with Crippen LogP contribution in [0.4, 0.5) is 0 Å². The maximum absolute atomic E-state index is 12.0. The number of benzene rings is 1. The first-order chi connectivity index (χ1) is 11.3. The van der Waals surface area contributed by atoms with Gasteiger partial charge in [0.15, 0.2) is 0 Å². The molecule has 0 aromatic heterocycles. The van der Waals surface area contributed by atoms with Crippen molar-refractivity contribution in [1.29, 1.82) is 0 Å². The first kappa shape index (κ1) is 28.2. The Balaban J connectivity index is 0. The van der Waals surface area contributed by atoms with Gasteiger partial charge in [0.25, 0.3) is 11.8 Å². The number of carboxylic acid groups (broad SMARTS) is 2. The van der Waals surface area contributed by atoms with Gasteiger partial charge in [0.1, 0.15) is 12.1 Å². The van der Waals surface area contributed by atoms with Gasteiger partial charge in [-0.25, -0.2) is 9.59 Å². The van der Waals surface area contributed by atoms with E-state index >= 15 is 0 Å². The number of amides is 2. The Kier molecular flexibility index (Phi) is 15.3. The molecule has 2 radical (unpaired) electrons. The van der Waals surface area contributed by atoms with Crippen LogP contribution in [0.3, 0.4) is 0 Å². The number of nitrogens with one attached hydrogen (secondary N) is 2. The molecule has 2 amide bonds. The fourth-order valence-corrected chi connectivity index (χ4v) is 2.15. The smallest absolute Gasteiger partial charge is 0.327 e. The molecule has 0 aliphatic heterocycles. The Morgan fingerprint density at radius 1 is 0.846 bits per heavy atom. The topological polar surface area (TPSA) is 133 Å². The molecule has 136 valence electrons. The van der Waals surface area contributed by atoms with Crippen LogP contribution in [0.15, 0.2) is 24.3 Å². The van der Waals surface area contributed by atoms with E-state index in [9.17, 15) is 19.2 Å². The molecule has 0 saturated carbocycles. The third kappa shape index (κ3) is 8.80. The Hall–Kier alpha value is 0.00779. The van der Waals surface area contributed by atoms with Crippen LogP contribution in [-0.4, -0.2) is 57.6 Å². The molecule has 0 spiro atoms. The summed E-state index contributed by atoms with van der Waals surface area (Å²) in [6, 6.07) is 3.13. The van der Waals surface area contributed by atoms with Crippen LogP contribution in [0.1, 0.15) is 20.7 Å². The Morgan fingerprint density at radius 2 is 1.19 bits per heavy atom. The van der Waals surface area contributed by atoms with Gasteiger partial charge in [0.05, 0.1) is 0 Å². The summed E-state index contributed by atoms with van der Waals surface area (Å²) in [7, 11) is 0. The summed E-state index contributed by atoms with van der Waals surface area (Å²) < 4.78 is 0. The molecule has 2 unspecified atom stereocenters. The Morgan fingerprint density at radius 3 is 1.46 bits per heavy atom. The zero-order valence-electron chi connectivity index (χ0n) is 13.5. The van der Waals surface area contributed by atoms with Crippen molar-refractivity contribution in [2.24, 2.45) is 0 Å². The van der Waals surface area contributed by atoms with Crippen molar-refractivity contribution in [3.05, 3.63) is 35.4 Å². The fourth-order valence-electron chi connectivity index (χ4n) is 1.66. The van der Waals surface area contributed by atoms with Gasteiger partial charge in [-0.2, -0.15) is 25.3 Å². The zero-order chi connectivity index (χ0) is 18.3. The van der Waals surface area contributed by atoms with Crippen molar-refractivity contribution < 1.29 is 94.8 Å².